The maximum Gasteiger partial charge on any atom is 0.203 e. The molecule has 0 aliphatic rings. The maximum atomic E-state index is 5.97. The molecule has 124 valence electrons. The molecular weight excluding hydrogens is 328 g/mol. The number of hydrogen-bond acceptors (Lipinski definition) is 4. The third-order valence-electron chi connectivity index (χ3n) is 3.67. The van der Waals surface area contributed by atoms with Gasteiger partial charge in [-0.1, -0.05) is 11.6 Å². The summed E-state index contributed by atoms with van der Waals surface area (Å²) >= 11 is 5.97. The molecule has 6 heteroatoms. The minimum absolute atomic E-state index is 0.557. The van der Waals surface area contributed by atoms with Crippen molar-refractivity contribution in [2.45, 2.75) is 0 Å². The van der Waals surface area contributed by atoms with Crippen molar-refractivity contribution in [3.8, 4) is 34.2 Å². The molecule has 0 bridgehead atoms. The van der Waals surface area contributed by atoms with Crippen LogP contribution in [0.3, 0.4) is 0 Å². The van der Waals surface area contributed by atoms with Gasteiger partial charge in [0.2, 0.25) is 5.75 Å². The SMILES string of the molecule is COc1cc(-c2ccnn2-c2ccc(Cl)cc2)cc(OC)c1OC. The highest BCUT2D eigenvalue weighted by atomic mass is 35.5. The Kier molecular flexibility index (Phi) is 4.62. The second kappa shape index (κ2) is 6.84. The predicted molar refractivity (Wildman–Crippen MR) is 93.7 cm³/mol. The smallest absolute Gasteiger partial charge is 0.203 e. The van der Waals surface area contributed by atoms with E-state index in [4.69, 9.17) is 25.8 Å². The van der Waals surface area contributed by atoms with Crippen molar-refractivity contribution < 1.29 is 14.2 Å². The van der Waals surface area contributed by atoms with Gasteiger partial charge in [-0.05, 0) is 42.5 Å². The van der Waals surface area contributed by atoms with E-state index >= 15 is 0 Å². The molecule has 5 nitrogen and oxygen atoms in total. The summed E-state index contributed by atoms with van der Waals surface area (Å²) < 4.78 is 18.1. The van der Waals surface area contributed by atoms with Gasteiger partial charge in [-0.2, -0.15) is 5.10 Å². The van der Waals surface area contributed by atoms with E-state index in [2.05, 4.69) is 5.10 Å². The lowest BCUT2D eigenvalue weighted by atomic mass is 10.1. The molecule has 0 spiro atoms. The summed E-state index contributed by atoms with van der Waals surface area (Å²) in [7, 11) is 4.77. The van der Waals surface area contributed by atoms with Crippen LogP contribution in [0, 0.1) is 0 Å². The number of nitrogens with zero attached hydrogens (tertiary/aromatic N) is 2. The Hall–Kier alpha value is -2.66. The van der Waals surface area contributed by atoms with Gasteiger partial charge in [-0.15, -0.1) is 0 Å². The first-order chi connectivity index (χ1) is 11.7. The number of benzene rings is 2. The van der Waals surface area contributed by atoms with Crippen LogP contribution in [0.2, 0.25) is 5.02 Å². The number of ether oxygens (including phenoxy) is 3. The van der Waals surface area contributed by atoms with Crippen LogP contribution in [0.5, 0.6) is 17.2 Å². The number of hydrogen-bond donors (Lipinski definition) is 0. The minimum Gasteiger partial charge on any atom is -0.493 e. The Morgan fingerprint density at radius 2 is 1.50 bits per heavy atom. The average Bonchev–Trinajstić information content (AvgIpc) is 3.10. The van der Waals surface area contributed by atoms with Crippen LogP contribution in [0.25, 0.3) is 16.9 Å². The fourth-order valence-corrected chi connectivity index (χ4v) is 2.66. The Bertz CT molecular complexity index is 819. The normalized spacial score (nSPS) is 10.5. The van der Waals surface area contributed by atoms with E-state index in [0.29, 0.717) is 22.3 Å². The summed E-state index contributed by atoms with van der Waals surface area (Å²) in [4.78, 5) is 0. The molecule has 1 aromatic heterocycles. The summed E-state index contributed by atoms with van der Waals surface area (Å²) in [6.07, 6.45) is 1.74. The van der Waals surface area contributed by atoms with Crippen LogP contribution in [-0.2, 0) is 0 Å². The van der Waals surface area contributed by atoms with Gasteiger partial charge in [0.15, 0.2) is 11.5 Å². The summed E-state index contributed by atoms with van der Waals surface area (Å²) in [5.41, 5.74) is 2.71. The van der Waals surface area contributed by atoms with Gasteiger partial charge >= 0.3 is 0 Å². The lowest BCUT2D eigenvalue weighted by Gasteiger charge is -2.15. The fraction of sp³-hybridized carbons (Fsp3) is 0.167. The van der Waals surface area contributed by atoms with Gasteiger partial charge < -0.3 is 14.2 Å². The zero-order chi connectivity index (χ0) is 17.1. The monoisotopic (exact) mass is 344 g/mol. The molecule has 0 unspecified atom stereocenters. The van der Waals surface area contributed by atoms with E-state index in [0.717, 1.165) is 16.9 Å². The third-order valence-corrected chi connectivity index (χ3v) is 3.93. The molecule has 0 amide bonds. The van der Waals surface area contributed by atoms with Crippen molar-refractivity contribution in [1.29, 1.82) is 0 Å². The van der Waals surface area contributed by atoms with Crippen molar-refractivity contribution >= 4 is 11.6 Å². The molecule has 0 aliphatic carbocycles. The van der Waals surface area contributed by atoms with E-state index in [1.165, 1.54) is 0 Å². The largest absolute Gasteiger partial charge is 0.493 e. The number of methoxy groups -OCH3 is 3. The van der Waals surface area contributed by atoms with Crippen molar-refractivity contribution in [2.24, 2.45) is 0 Å². The molecule has 0 fully saturated rings. The van der Waals surface area contributed by atoms with Crippen LogP contribution >= 0.6 is 11.6 Å². The highest BCUT2D eigenvalue weighted by Gasteiger charge is 2.16. The van der Waals surface area contributed by atoms with Crippen molar-refractivity contribution in [2.75, 3.05) is 21.3 Å². The standard InChI is InChI=1S/C18H17ClN2O3/c1-22-16-10-12(11-17(23-2)18(16)24-3)15-8-9-20-21(15)14-6-4-13(19)5-7-14/h4-11H,1-3H3. The molecule has 0 atom stereocenters. The molecule has 3 aromatic rings. The van der Waals surface area contributed by atoms with Gasteiger partial charge in [0.25, 0.3) is 0 Å². The second-order valence-corrected chi connectivity index (χ2v) is 5.46. The molecule has 3 rings (SSSR count). The van der Waals surface area contributed by atoms with E-state index in [1.807, 2.05) is 47.1 Å². The molecule has 0 saturated carbocycles. The summed E-state index contributed by atoms with van der Waals surface area (Å²) in [5, 5.41) is 5.09. The Balaban J connectivity index is 2.14. The third kappa shape index (κ3) is 2.90. The number of halogens is 1. The Labute approximate surface area is 145 Å². The lowest BCUT2D eigenvalue weighted by Crippen LogP contribution is -2.00. The van der Waals surface area contributed by atoms with Gasteiger partial charge in [0, 0.05) is 10.6 Å². The molecule has 0 saturated heterocycles. The molecular formula is C18H17ClN2O3. The van der Waals surface area contributed by atoms with Crippen LogP contribution in [-0.4, -0.2) is 31.1 Å². The summed E-state index contributed by atoms with van der Waals surface area (Å²) in [6, 6.07) is 13.2. The zero-order valence-corrected chi connectivity index (χ0v) is 14.4. The second-order valence-electron chi connectivity index (χ2n) is 5.02. The predicted octanol–water partition coefficient (Wildman–Crippen LogP) is 4.22. The lowest BCUT2D eigenvalue weighted by molar-refractivity contribution is 0.324. The Morgan fingerprint density at radius 1 is 0.875 bits per heavy atom. The van der Waals surface area contributed by atoms with Gasteiger partial charge in [0.05, 0.1) is 38.9 Å². The molecule has 0 radical (unpaired) electrons. The molecule has 2 aromatic carbocycles. The topological polar surface area (TPSA) is 45.5 Å². The summed E-state index contributed by atoms with van der Waals surface area (Å²) in [5.74, 6) is 1.74. The van der Waals surface area contributed by atoms with Gasteiger partial charge in [-0.25, -0.2) is 4.68 Å². The first-order valence-electron chi connectivity index (χ1n) is 7.28. The van der Waals surface area contributed by atoms with E-state index in [9.17, 15) is 0 Å². The van der Waals surface area contributed by atoms with E-state index in [-0.39, 0.29) is 0 Å². The van der Waals surface area contributed by atoms with Gasteiger partial charge in [0.1, 0.15) is 0 Å². The quantitative estimate of drug-likeness (QED) is 0.695. The van der Waals surface area contributed by atoms with Gasteiger partial charge in [-0.3, -0.25) is 0 Å². The average molecular weight is 345 g/mol. The highest BCUT2D eigenvalue weighted by molar-refractivity contribution is 6.30. The number of rotatable bonds is 5. The fourth-order valence-electron chi connectivity index (χ4n) is 2.54. The first-order valence-corrected chi connectivity index (χ1v) is 7.66. The van der Waals surface area contributed by atoms with Crippen LogP contribution in [0.1, 0.15) is 0 Å². The molecule has 24 heavy (non-hydrogen) atoms. The zero-order valence-electron chi connectivity index (χ0n) is 13.6. The summed E-state index contributed by atoms with van der Waals surface area (Å²) in [6.45, 7) is 0. The first kappa shape index (κ1) is 16.2. The minimum atomic E-state index is 0.557. The maximum absolute atomic E-state index is 5.97. The number of aromatic nitrogens is 2. The van der Waals surface area contributed by atoms with E-state index < -0.39 is 0 Å². The van der Waals surface area contributed by atoms with Crippen molar-refractivity contribution in [1.82, 2.24) is 9.78 Å². The van der Waals surface area contributed by atoms with Crippen LogP contribution < -0.4 is 14.2 Å². The van der Waals surface area contributed by atoms with E-state index in [1.54, 1.807) is 27.5 Å². The highest BCUT2D eigenvalue weighted by Crippen LogP contribution is 2.41. The van der Waals surface area contributed by atoms with Crippen LogP contribution in [0.15, 0.2) is 48.7 Å². The van der Waals surface area contributed by atoms with Crippen molar-refractivity contribution in [3.05, 3.63) is 53.7 Å². The molecule has 0 aliphatic heterocycles. The van der Waals surface area contributed by atoms with Crippen LogP contribution in [0.4, 0.5) is 0 Å². The van der Waals surface area contributed by atoms with Crippen molar-refractivity contribution in [3.63, 3.8) is 0 Å². The molecule has 0 N–H and O–H groups in total. The molecule has 1 heterocycles. The Morgan fingerprint density at radius 3 is 2.04 bits per heavy atom.